The molecule has 0 N–H and O–H groups in total. The maximum atomic E-state index is 12.5. The Balaban J connectivity index is 1.56. The van der Waals surface area contributed by atoms with E-state index in [2.05, 4.69) is 28.7 Å². The van der Waals surface area contributed by atoms with E-state index in [0.29, 0.717) is 25.1 Å². The van der Waals surface area contributed by atoms with E-state index < -0.39 is 0 Å². The van der Waals surface area contributed by atoms with Crippen LogP contribution < -0.4 is 0 Å². The van der Waals surface area contributed by atoms with E-state index in [1.165, 1.54) is 5.56 Å². The molecule has 0 radical (unpaired) electrons. The zero-order valence-electron chi connectivity index (χ0n) is 12.8. The van der Waals surface area contributed by atoms with Crippen LogP contribution in [0.25, 0.3) is 0 Å². The van der Waals surface area contributed by atoms with E-state index in [1.807, 2.05) is 11.8 Å². The minimum absolute atomic E-state index is 0.164. The Bertz CT molecular complexity index is 477. The third-order valence-corrected chi connectivity index (χ3v) is 5.35. The standard InChI is InChI=1S/C16H24N2O2S/c1-12-7-15(14-3-6-21-11-14)9-18(12)10-16(19)17-4-5-20-13(2)8-17/h3,6,11-13,15H,4-5,7-10H2,1-2H3/t12-,13-,15-/m1/s1. The van der Waals surface area contributed by atoms with Gasteiger partial charge in [-0.15, -0.1) is 0 Å². The van der Waals surface area contributed by atoms with Crippen LogP contribution in [0.2, 0.25) is 0 Å². The summed E-state index contributed by atoms with van der Waals surface area (Å²) in [6.07, 6.45) is 1.32. The predicted octanol–water partition coefficient (Wildman–Crippen LogP) is 2.17. The van der Waals surface area contributed by atoms with Gasteiger partial charge in [0.15, 0.2) is 0 Å². The van der Waals surface area contributed by atoms with E-state index in [-0.39, 0.29) is 12.0 Å². The van der Waals surface area contributed by atoms with Gasteiger partial charge in [-0.2, -0.15) is 11.3 Å². The average Bonchev–Trinajstić information content (AvgIpc) is 3.09. The molecule has 2 fully saturated rings. The quantitative estimate of drug-likeness (QED) is 0.858. The van der Waals surface area contributed by atoms with Gasteiger partial charge in [-0.3, -0.25) is 9.69 Å². The van der Waals surface area contributed by atoms with Gasteiger partial charge in [0.1, 0.15) is 0 Å². The molecule has 2 saturated heterocycles. The first-order valence-electron chi connectivity index (χ1n) is 7.79. The lowest BCUT2D eigenvalue weighted by Gasteiger charge is -2.33. The normalized spacial score (nSPS) is 30.8. The van der Waals surface area contributed by atoms with Gasteiger partial charge in [-0.1, -0.05) is 0 Å². The van der Waals surface area contributed by atoms with Crippen molar-refractivity contribution in [2.24, 2.45) is 0 Å². The molecule has 116 valence electrons. The Morgan fingerprint density at radius 2 is 2.29 bits per heavy atom. The molecule has 2 aliphatic rings. The summed E-state index contributed by atoms with van der Waals surface area (Å²) in [6, 6.07) is 2.70. The number of rotatable bonds is 3. The summed E-state index contributed by atoms with van der Waals surface area (Å²) in [6.45, 7) is 7.96. The van der Waals surface area contributed by atoms with Gasteiger partial charge < -0.3 is 9.64 Å². The summed E-state index contributed by atoms with van der Waals surface area (Å²) in [7, 11) is 0. The van der Waals surface area contributed by atoms with Crippen molar-refractivity contribution in [3.63, 3.8) is 0 Å². The lowest BCUT2D eigenvalue weighted by Crippen LogP contribution is -2.48. The van der Waals surface area contributed by atoms with Crippen molar-refractivity contribution < 1.29 is 9.53 Å². The molecule has 4 nitrogen and oxygen atoms in total. The van der Waals surface area contributed by atoms with Gasteiger partial charge in [-0.25, -0.2) is 0 Å². The second kappa shape index (κ2) is 6.46. The zero-order chi connectivity index (χ0) is 14.8. The number of amides is 1. The Kier molecular flexibility index (Phi) is 4.62. The topological polar surface area (TPSA) is 32.8 Å². The maximum absolute atomic E-state index is 12.5. The van der Waals surface area contributed by atoms with Crippen molar-refractivity contribution in [3.05, 3.63) is 22.4 Å². The third kappa shape index (κ3) is 3.47. The van der Waals surface area contributed by atoms with Crippen molar-refractivity contribution in [3.8, 4) is 0 Å². The van der Waals surface area contributed by atoms with Crippen molar-refractivity contribution in [2.45, 2.75) is 38.3 Å². The van der Waals surface area contributed by atoms with Crippen LogP contribution in [0, 0.1) is 0 Å². The van der Waals surface area contributed by atoms with Crippen LogP contribution in [-0.2, 0) is 9.53 Å². The summed E-state index contributed by atoms with van der Waals surface area (Å²) in [5, 5.41) is 4.38. The number of morpholine rings is 1. The smallest absolute Gasteiger partial charge is 0.236 e. The number of thiophene rings is 1. The fraction of sp³-hybridized carbons (Fsp3) is 0.688. The van der Waals surface area contributed by atoms with Crippen LogP contribution in [-0.4, -0.2) is 60.6 Å². The number of likely N-dealkylation sites (tertiary alicyclic amines) is 1. The lowest BCUT2D eigenvalue weighted by atomic mass is 10.00. The highest BCUT2D eigenvalue weighted by Crippen LogP contribution is 2.32. The second-order valence-corrected chi connectivity index (χ2v) is 7.07. The molecule has 0 aromatic carbocycles. The minimum atomic E-state index is 0.164. The fourth-order valence-corrected chi connectivity index (χ4v) is 4.13. The van der Waals surface area contributed by atoms with Gasteiger partial charge in [0.05, 0.1) is 19.3 Å². The van der Waals surface area contributed by atoms with Crippen LogP contribution in [0.4, 0.5) is 0 Å². The van der Waals surface area contributed by atoms with Crippen molar-refractivity contribution in [2.75, 3.05) is 32.8 Å². The Morgan fingerprint density at radius 3 is 3.00 bits per heavy atom. The van der Waals surface area contributed by atoms with Crippen molar-refractivity contribution in [1.82, 2.24) is 9.80 Å². The summed E-state index contributed by atoms with van der Waals surface area (Å²) in [4.78, 5) is 16.8. The molecule has 3 heterocycles. The van der Waals surface area contributed by atoms with E-state index in [1.54, 1.807) is 11.3 Å². The molecule has 21 heavy (non-hydrogen) atoms. The molecule has 5 heteroatoms. The molecule has 1 amide bonds. The SMILES string of the molecule is C[C@@H]1CN(C(=O)CN2C[C@H](c3ccsc3)C[C@H]2C)CCO1. The van der Waals surface area contributed by atoms with E-state index in [0.717, 1.165) is 26.1 Å². The predicted molar refractivity (Wildman–Crippen MR) is 84.7 cm³/mol. The molecule has 0 aliphatic carbocycles. The molecule has 3 atom stereocenters. The summed E-state index contributed by atoms with van der Waals surface area (Å²) in [5.41, 5.74) is 1.43. The first-order valence-corrected chi connectivity index (χ1v) is 8.73. The van der Waals surface area contributed by atoms with Crippen LogP contribution in [0.5, 0.6) is 0 Å². The number of carbonyl (C=O) groups is 1. The monoisotopic (exact) mass is 308 g/mol. The van der Waals surface area contributed by atoms with Gasteiger partial charge in [-0.05, 0) is 48.6 Å². The zero-order valence-corrected chi connectivity index (χ0v) is 13.6. The Hall–Kier alpha value is -0.910. The summed E-state index contributed by atoms with van der Waals surface area (Å²) in [5.74, 6) is 0.839. The number of carbonyl (C=O) groups excluding carboxylic acids is 1. The maximum Gasteiger partial charge on any atom is 0.236 e. The van der Waals surface area contributed by atoms with Crippen molar-refractivity contribution >= 4 is 17.2 Å². The first kappa shape index (κ1) is 15.0. The highest BCUT2D eigenvalue weighted by molar-refractivity contribution is 7.07. The van der Waals surface area contributed by atoms with Gasteiger partial charge >= 0.3 is 0 Å². The Morgan fingerprint density at radius 1 is 1.43 bits per heavy atom. The second-order valence-electron chi connectivity index (χ2n) is 6.29. The molecule has 3 rings (SSSR count). The number of hydrogen-bond acceptors (Lipinski definition) is 4. The van der Waals surface area contributed by atoms with Crippen LogP contribution in [0.15, 0.2) is 16.8 Å². The average molecular weight is 308 g/mol. The van der Waals surface area contributed by atoms with E-state index in [4.69, 9.17) is 4.74 Å². The highest BCUT2D eigenvalue weighted by atomic mass is 32.1. The molecular formula is C16H24N2O2S. The molecule has 0 saturated carbocycles. The van der Waals surface area contributed by atoms with E-state index >= 15 is 0 Å². The molecule has 0 unspecified atom stereocenters. The lowest BCUT2D eigenvalue weighted by molar-refractivity contribution is -0.139. The molecule has 1 aromatic heterocycles. The fourth-order valence-electron chi connectivity index (χ4n) is 3.39. The van der Waals surface area contributed by atoms with E-state index in [9.17, 15) is 4.79 Å². The minimum Gasteiger partial charge on any atom is -0.375 e. The largest absolute Gasteiger partial charge is 0.375 e. The number of hydrogen-bond donors (Lipinski definition) is 0. The van der Waals surface area contributed by atoms with Crippen LogP contribution in [0.1, 0.15) is 31.7 Å². The highest BCUT2D eigenvalue weighted by Gasteiger charge is 2.32. The summed E-state index contributed by atoms with van der Waals surface area (Å²) < 4.78 is 5.51. The number of nitrogens with zero attached hydrogens (tertiary/aromatic N) is 2. The molecular weight excluding hydrogens is 284 g/mol. The summed E-state index contributed by atoms with van der Waals surface area (Å²) >= 11 is 1.76. The van der Waals surface area contributed by atoms with Crippen molar-refractivity contribution in [1.29, 1.82) is 0 Å². The van der Waals surface area contributed by atoms with Gasteiger partial charge in [0, 0.05) is 25.7 Å². The third-order valence-electron chi connectivity index (χ3n) is 4.65. The molecule has 1 aromatic rings. The first-order chi connectivity index (χ1) is 10.1. The number of ether oxygens (including phenoxy) is 1. The molecule has 2 aliphatic heterocycles. The molecule has 0 bridgehead atoms. The Labute approximate surface area is 130 Å². The molecule has 0 spiro atoms. The van der Waals surface area contributed by atoms with Crippen LogP contribution in [0.3, 0.4) is 0 Å². The van der Waals surface area contributed by atoms with Crippen LogP contribution >= 0.6 is 11.3 Å². The van der Waals surface area contributed by atoms with Gasteiger partial charge in [0.25, 0.3) is 0 Å². The van der Waals surface area contributed by atoms with Gasteiger partial charge in [0.2, 0.25) is 5.91 Å².